The number of methoxy groups -OCH3 is 1. The lowest BCUT2D eigenvalue weighted by molar-refractivity contribution is -0.147. The quantitative estimate of drug-likeness (QED) is 0.517. The van der Waals surface area contributed by atoms with E-state index >= 15 is 0 Å². The van der Waals surface area contributed by atoms with Gasteiger partial charge in [0.2, 0.25) is 0 Å². The summed E-state index contributed by atoms with van der Waals surface area (Å²) in [5, 5.41) is 12.2. The second-order valence-corrected chi connectivity index (χ2v) is 5.37. The van der Waals surface area contributed by atoms with Crippen LogP contribution in [0.1, 0.15) is 25.7 Å². The van der Waals surface area contributed by atoms with Gasteiger partial charge in [-0.3, -0.25) is 9.69 Å². The van der Waals surface area contributed by atoms with Gasteiger partial charge in [-0.25, -0.2) is 0 Å². The van der Waals surface area contributed by atoms with E-state index in [9.17, 15) is 4.79 Å². The van der Waals surface area contributed by atoms with Crippen LogP contribution in [0.5, 0.6) is 0 Å². The number of likely N-dealkylation sites (tertiary alicyclic amines) is 1. The SMILES string of the molecule is COC(=O)C1CC(NCCCO)CN(C2CC2)C1. The molecule has 0 radical (unpaired) electrons. The van der Waals surface area contributed by atoms with Gasteiger partial charge in [-0.1, -0.05) is 0 Å². The molecule has 1 aliphatic carbocycles. The number of hydrogen-bond donors (Lipinski definition) is 2. The van der Waals surface area contributed by atoms with E-state index in [-0.39, 0.29) is 18.5 Å². The van der Waals surface area contributed by atoms with Crippen molar-refractivity contribution < 1.29 is 14.6 Å². The lowest BCUT2D eigenvalue weighted by atomic mass is 9.94. The van der Waals surface area contributed by atoms with Crippen LogP contribution in [0.3, 0.4) is 0 Å². The van der Waals surface area contributed by atoms with Gasteiger partial charge in [0.15, 0.2) is 0 Å². The van der Waals surface area contributed by atoms with Gasteiger partial charge in [-0.15, -0.1) is 0 Å². The molecule has 2 unspecified atom stereocenters. The average molecular weight is 256 g/mol. The topological polar surface area (TPSA) is 61.8 Å². The molecule has 0 aromatic rings. The Morgan fingerprint density at radius 3 is 2.83 bits per heavy atom. The van der Waals surface area contributed by atoms with Gasteiger partial charge in [0.05, 0.1) is 13.0 Å². The number of rotatable bonds is 6. The molecule has 0 bridgehead atoms. The maximum absolute atomic E-state index is 11.7. The Hall–Kier alpha value is -0.650. The third-order valence-electron chi connectivity index (χ3n) is 3.84. The van der Waals surface area contributed by atoms with Crippen molar-refractivity contribution in [2.75, 3.05) is 33.4 Å². The number of ether oxygens (including phenoxy) is 1. The fourth-order valence-corrected chi connectivity index (χ4v) is 2.74. The molecule has 1 aliphatic heterocycles. The second kappa shape index (κ2) is 6.50. The summed E-state index contributed by atoms with van der Waals surface area (Å²) in [4.78, 5) is 14.1. The third kappa shape index (κ3) is 3.67. The largest absolute Gasteiger partial charge is 0.469 e. The summed E-state index contributed by atoms with van der Waals surface area (Å²) in [7, 11) is 1.46. The molecule has 2 aliphatic rings. The Balaban J connectivity index is 1.86. The van der Waals surface area contributed by atoms with E-state index in [0.717, 1.165) is 32.5 Å². The summed E-state index contributed by atoms with van der Waals surface area (Å²) >= 11 is 0. The van der Waals surface area contributed by atoms with E-state index in [1.165, 1.54) is 20.0 Å². The molecule has 0 aromatic carbocycles. The van der Waals surface area contributed by atoms with Crippen LogP contribution in [0.4, 0.5) is 0 Å². The summed E-state index contributed by atoms with van der Waals surface area (Å²) in [5.74, 6) is -0.0923. The van der Waals surface area contributed by atoms with Crippen LogP contribution in [0.2, 0.25) is 0 Å². The maximum atomic E-state index is 11.7. The molecule has 1 heterocycles. The van der Waals surface area contributed by atoms with Gasteiger partial charge in [-0.05, 0) is 32.2 Å². The first kappa shape index (κ1) is 13.8. The summed E-state index contributed by atoms with van der Waals surface area (Å²) in [6.45, 7) is 2.89. The van der Waals surface area contributed by atoms with Gasteiger partial charge in [0.25, 0.3) is 0 Å². The van der Waals surface area contributed by atoms with E-state index in [1.807, 2.05) is 0 Å². The Morgan fingerprint density at radius 2 is 2.22 bits per heavy atom. The third-order valence-corrected chi connectivity index (χ3v) is 3.84. The maximum Gasteiger partial charge on any atom is 0.310 e. The normalized spacial score (nSPS) is 29.2. The van der Waals surface area contributed by atoms with Crippen LogP contribution in [-0.2, 0) is 9.53 Å². The van der Waals surface area contributed by atoms with Crippen molar-refractivity contribution in [1.29, 1.82) is 0 Å². The average Bonchev–Trinajstić information content (AvgIpc) is 3.22. The first-order valence-corrected chi connectivity index (χ1v) is 6.90. The van der Waals surface area contributed by atoms with E-state index in [2.05, 4.69) is 10.2 Å². The minimum absolute atomic E-state index is 0.00373. The van der Waals surface area contributed by atoms with Crippen LogP contribution in [0, 0.1) is 5.92 Å². The zero-order chi connectivity index (χ0) is 13.0. The first-order valence-electron chi connectivity index (χ1n) is 6.90. The molecule has 0 spiro atoms. The highest BCUT2D eigenvalue weighted by Gasteiger charge is 2.38. The monoisotopic (exact) mass is 256 g/mol. The fraction of sp³-hybridized carbons (Fsp3) is 0.923. The number of piperidine rings is 1. The summed E-state index contributed by atoms with van der Waals surface area (Å²) in [6, 6.07) is 1.02. The zero-order valence-corrected chi connectivity index (χ0v) is 11.1. The van der Waals surface area contributed by atoms with Crippen LogP contribution < -0.4 is 5.32 Å². The van der Waals surface area contributed by atoms with E-state index in [1.54, 1.807) is 0 Å². The molecule has 2 atom stereocenters. The van der Waals surface area contributed by atoms with Gasteiger partial charge in [-0.2, -0.15) is 0 Å². The number of nitrogens with one attached hydrogen (secondary N) is 1. The number of carbonyl (C=O) groups excluding carboxylic acids is 1. The number of nitrogens with zero attached hydrogens (tertiary/aromatic N) is 1. The Bertz CT molecular complexity index is 281. The fourth-order valence-electron chi connectivity index (χ4n) is 2.74. The van der Waals surface area contributed by atoms with Gasteiger partial charge in [0.1, 0.15) is 0 Å². The lowest BCUT2D eigenvalue weighted by Crippen LogP contribution is -2.52. The van der Waals surface area contributed by atoms with E-state index < -0.39 is 0 Å². The molecule has 1 saturated heterocycles. The van der Waals surface area contributed by atoms with Crippen molar-refractivity contribution >= 4 is 5.97 Å². The minimum Gasteiger partial charge on any atom is -0.469 e. The molecule has 1 saturated carbocycles. The van der Waals surface area contributed by atoms with Crippen molar-refractivity contribution in [3.8, 4) is 0 Å². The van der Waals surface area contributed by atoms with Crippen molar-refractivity contribution in [2.24, 2.45) is 5.92 Å². The Labute approximate surface area is 108 Å². The summed E-state index contributed by atoms with van der Waals surface area (Å²) in [6.07, 6.45) is 4.14. The highest BCUT2D eigenvalue weighted by atomic mass is 16.5. The second-order valence-electron chi connectivity index (χ2n) is 5.37. The van der Waals surface area contributed by atoms with Gasteiger partial charge < -0.3 is 15.2 Å². The van der Waals surface area contributed by atoms with Crippen molar-refractivity contribution in [3.63, 3.8) is 0 Å². The molecular weight excluding hydrogens is 232 g/mol. The van der Waals surface area contributed by atoms with Crippen LogP contribution in [0.15, 0.2) is 0 Å². The van der Waals surface area contributed by atoms with E-state index in [4.69, 9.17) is 9.84 Å². The number of aliphatic hydroxyl groups is 1. The molecule has 2 N–H and O–H groups in total. The number of aliphatic hydroxyl groups excluding tert-OH is 1. The van der Waals surface area contributed by atoms with Gasteiger partial charge in [0, 0.05) is 31.8 Å². The predicted molar refractivity (Wildman–Crippen MR) is 68.2 cm³/mol. The first-order chi connectivity index (χ1) is 8.74. The van der Waals surface area contributed by atoms with Crippen molar-refractivity contribution in [2.45, 2.75) is 37.8 Å². The summed E-state index contributed by atoms with van der Waals surface area (Å²) < 4.78 is 4.88. The van der Waals surface area contributed by atoms with E-state index in [0.29, 0.717) is 12.1 Å². The molecule has 0 amide bonds. The number of hydrogen-bond acceptors (Lipinski definition) is 5. The standard InChI is InChI=1S/C13H24N2O3/c1-18-13(17)10-7-11(14-5-2-6-16)9-15(8-10)12-3-4-12/h10-12,14,16H,2-9H2,1H3. The number of carbonyl (C=O) groups is 1. The highest BCUT2D eigenvalue weighted by Crippen LogP contribution is 2.31. The predicted octanol–water partition coefficient (Wildman–Crippen LogP) is -0.0157. The van der Waals surface area contributed by atoms with Crippen LogP contribution in [-0.4, -0.2) is 61.4 Å². The molecule has 18 heavy (non-hydrogen) atoms. The minimum atomic E-state index is -0.0886. The van der Waals surface area contributed by atoms with Crippen molar-refractivity contribution in [3.05, 3.63) is 0 Å². The molecule has 2 rings (SSSR count). The van der Waals surface area contributed by atoms with Crippen molar-refractivity contribution in [1.82, 2.24) is 10.2 Å². The summed E-state index contributed by atoms with van der Waals surface area (Å²) in [5.41, 5.74) is 0. The van der Waals surface area contributed by atoms with Gasteiger partial charge >= 0.3 is 5.97 Å². The lowest BCUT2D eigenvalue weighted by Gasteiger charge is -2.37. The Morgan fingerprint density at radius 1 is 1.44 bits per heavy atom. The molecular formula is C13H24N2O3. The molecule has 0 aromatic heterocycles. The smallest absolute Gasteiger partial charge is 0.310 e. The zero-order valence-electron chi connectivity index (χ0n) is 11.1. The highest BCUT2D eigenvalue weighted by molar-refractivity contribution is 5.72. The molecule has 5 heteroatoms. The number of esters is 1. The Kier molecular flexibility index (Phi) is 4.97. The molecule has 2 fully saturated rings. The van der Waals surface area contributed by atoms with Crippen LogP contribution in [0.25, 0.3) is 0 Å². The molecule has 104 valence electrons. The van der Waals surface area contributed by atoms with Crippen LogP contribution >= 0.6 is 0 Å². The molecule has 5 nitrogen and oxygen atoms in total.